The Morgan fingerprint density at radius 3 is 1.50 bits per heavy atom. The average molecular weight is 169 g/mol. The maximum atomic E-state index is 8.70. The Kier molecular flexibility index (Phi) is 11.0. The summed E-state index contributed by atoms with van der Waals surface area (Å²) >= 11 is 0. The van der Waals surface area contributed by atoms with E-state index in [1.807, 2.05) is 27.7 Å². The molecule has 70 valence electrons. The highest BCUT2D eigenvalue weighted by atomic mass is 16.3. The normalized spacial score (nSPS) is 7.00. The van der Waals surface area contributed by atoms with Gasteiger partial charge in [0.15, 0.2) is 0 Å². The molecule has 0 radical (unpaired) electrons. The lowest BCUT2D eigenvalue weighted by Gasteiger charge is -1.89. The Labute approximate surface area is 75.0 Å². The lowest BCUT2D eigenvalue weighted by atomic mass is 10.3. The zero-order valence-corrected chi connectivity index (χ0v) is 8.33. The molecule has 0 fully saturated rings. The third-order valence-corrected chi connectivity index (χ3v) is 0.893. The first-order valence-electron chi connectivity index (χ1n) is 4.33. The minimum absolute atomic E-state index is 0.249. The molecule has 0 saturated carbocycles. The number of phenolic OH excluding ortho intramolecular Hbond substituents is 1. The van der Waals surface area contributed by atoms with E-state index in [0.29, 0.717) is 5.69 Å². The van der Waals surface area contributed by atoms with E-state index in [1.54, 1.807) is 24.3 Å². The third-order valence-electron chi connectivity index (χ3n) is 0.893. The Bertz CT molecular complexity index is 149. The van der Waals surface area contributed by atoms with Crippen molar-refractivity contribution >= 4 is 5.69 Å². The highest BCUT2D eigenvalue weighted by Crippen LogP contribution is 2.09. The van der Waals surface area contributed by atoms with E-state index in [9.17, 15) is 0 Å². The second kappa shape index (κ2) is 9.82. The fourth-order valence-corrected chi connectivity index (χ4v) is 0.474. The first-order chi connectivity index (χ1) is 5.79. The van der Waals surface area contributed by atoms with Crippen LogP contribution in [0.5, 0.6) is 5.75 Å². The van der Waals surface area contributed by atoms with Gasteiger partial charge in [0.25, 0.3) is 0 Å². The largest absolute Gasteiger partial charge is 0.508 e. The van der Waals surface area contributed by atoms with Crippen LogP contribution < -0.4 is 5.73 Å². The summed E-state index contributed by atoms with van der Waals surface area (Å²) in [5.41, 5.74) is 5.98. The SMILES string of the molecule is CC.CC.Nc1ccc(O)cc1. The maximum Gasteiger partial charge on any atom is 0.115 e. The molecule has 0 spiro atoms. The van der Waals surface area contributed by atoms with E-state index in [0.717, 1.165) is 0 Å². The molecule has 0 saturated heterocycles. The summed E-state index contributed by atoms with van der Waals surface area (Å²) in [7, 11) is 0. The molecular formula is C10H19NO. The number of hydrogen-bond donors (Lipinski definition) is 2. The minimum atomic E-state index is 0.249. The predicted octanol–water partition coefficient (Wildman–Crippen LogP) is 3.03. The zero-order valence-electron chi connectivity index (χ0n) is 8.33. The minimum Gasteiger partial charge on any atom is -0.508 e. The molecule has 0 bridgehead atoms. The number of nitrogen functional groups attached to an aromatic ring is 1. The van der Waals surface area contributed by atoms with E-state index in [-0.39, 0.29) is 5.75 Å². The second-order valence-corrected chi connectivity index (χ2v) is 1.59. The van der Waals surface area contributed by atoms with Gasteiger partial charge in [-0.15, -0.1) is 0 Å². The smallest absolute Gasteiger partial charge is 0.115 e. The van der Waals surface area contributed by atoms with Crippen LogP contribution in [0, 0.1) is 0 Å². The van der Waals surface area contributed by atoms with Gasteiger partial charge in [-0.2, -0.15) is 0 Å². The van der Waals surface area contributed by atoms with E-state index < -0.39 is 0 Å². The Hall–Kier alpha value is -1.18. The summed E-state index contributed by atoms with van der Waals surface area (Å²) in [4.78, 5) is 0. The zero-order chi connectivity index (χ0) is 9.98. The molecule has 1 aromatic carbocycles. The molecular weight excluding hydrogens is 150 g/mol. The molecule has 0 unspecified atom stereocenters. The number of nitrogens with two attached hydrogens (primary N) is 1. The highest BCUT2D eigenvalue weighted by Gasteiger charge is 1.82. The number of hydrogen-bond acceptors (Lipinski definition) is 2. The van der Waals surface area contributed by atoms with E-state index in [4.69, 9.17) is 10.8 Å². The molecule has 0 aliphatic rings. The van der Waals surface area contributed by atoms with Gasteiger partial charge in [0.1, 0.15) is 5.75 Å². The predicted molar refractivity (Wildman–Crippen MR) is 55.2 cm³/mol. The number of benzene rings is 1. The Morgan fingerprint density at radius 2 is 1.25 bits per heavy atom. The van der Waals surface area contributed by atoms with Crippen molar-refractivity contribution < 1.29 is 5.11 Å². The van der Waals surface area contributed by atoms with Gasteiger partial charge in [-0.1, -0.05) is 27.7 Å². The van der Waals surface area contributed by atoms with Crippen molar-refractivity contribution in [1.82, 2.24) is 0 Å². The van der Waals surface area contributed by atoms with Crippen molar-refractivity contribution in [3.05, 3.63) is 24.3 Å². The van der Waals surface area contributed by atoms with Crippen molar-refractivity contribution in [2.75, 3.05) is 5.73 Å². The number of phenols is 1. The van der Waals surface area contributed by atoms with E-state index >= 15 is 0 Å². The van der Waals surface area contributed by atoms with Crippen molar-refractivity contribution in [3.8, 4) is 5.75 Å². The summed E-state index contributed by atoms with van der Waals surface area (Å²) in [6.45, 7) is 8.00. The van der Waals surface area contributed by atoms with Crippen molar-refractivity contribution in [1.29, 1.82) is 0 Å². The van der Waals surface area contributed by atoms with Crippen LogP contribution in [0.3, 0.4) is 0 Å². The molecule has 0 atom stereocenters. The molecule has 0 aliphatic heterocycles. The molecule has 2 heteroatoms. The summed E-state index contributed by atoms with van der Waals surface area (Å²) in [5, 5.41) is 8.70. The van der Waals surface area contributed by atoms with Gasteiger partial charge in [-0.25, -0.2) is 0 Å². The Morgan fingerprint density at radius 1 is 0.917 bits per heavy atom. The maximum absolute atomic E-state index is 8.70. The fraction of sp³-hybridized carbons (Fsp3) is 0.400. The Balaban J connectivity index is 0. The van der Waals surface area contributed by atoms with Gasteiger partial charge >= 0.3 is 0 Å². The fourth-order valence-electron chi connectivity index (χ4n) is 0.474. The molecule has 12 heavy (non-hydrogen) atoms. The molecule has 0 amide bonds. The number of aromatic hydroxyl groups is 1. The van der Waals surface area contributed by atoms with Crippen LogP contribution in [0.4, 0.5) is 5.69 Å². The second-order valence-electron chi connectivity index (χ2n) is 1.59. The summed E-state index contributed by atoms with van der Waals surface area (Å²) in [6.07, 6.45) is 0. The van der Waals surface area contributed by atoms with Gasteiger partial charge in [-0.3, -0.25) is 0 Å². The molecule has 2 nitrogen and oxygen atoms in total. The molecule has 0 aliphatic carbocycles. The van der Waals surface area contributed by atoms with Crippen LogP contribution in [0.2, 0.25) is 0 Å². The first kappa shape index (κ1) is 13.4. The van der Waals surface area contributed by atoms with Crippen LogP contribution in [-0.4, -0.2) is 5.11 Å². The average Bonchev–Trinajstić information content (AvgIpc) is 2.17. The quantitative estimate of drug-likeness (QED) is 0.463. The van der Waals surface area contributed by atoms with Crippen LogP contribution in [0.25, 0.3) is 0 Å². The molecule has 3 N–H and O–H groups in total. The van der Waals surface area contributed by atoms with Gasteiger partial charge in [0.2, 0.25) is 0 Å². The van der Waals surface area contributed by atoms with Gasteiger partial charge in [0, 0.05) is 5.69 Å². The van der Waals surface area contributed by atoms with Crippen LogP contribution in [0.1, 0.15) is 27.7 Å². The van der Waals surface area contributed by atoms with Crippen molar-refractivity contribution in [2.24, 2.45) is 0 Å². The first-order valence-corrected chi connectivity index (χ1v) is 4.33. The highest BCUT2D eigenvalue weighted by molar-refractivity contribution is 5.40. The lowest BCUT2D eigenvalue weighted by molar-refractivity contribution is 0.475. The van der Waals surface area contributed by atoms with Crippen LogP contribution >= 0.6 is 0 Å². The van der Waals surface area contributed by atoms with Gasteiger partial charge in [-0.05, 0) is 24.3 Å². The monoisotopic (exact) mass is 169 g/mol. The van der Waals surface area contributed by atoms with Crippen LogP contribution in [-0.2, 0) is 0 Å². The lowest BCUT2D eigenvalue weighted by Crippen LogP contribution is -1.80. The molecule has 0 aromatic heterocycles. The van der Waals surface area contributed by atoms with Gasteiger partial charge < -0.3 is 10.8 Å². The van der Waals surface area contributed by atoms with Crippen molar-refractivity contribution in [2.45, 2.75) is 27.7 Å². The molecule has 0 heterocycles. The topological polar surface area (TPSA) is 46.2 Å². The van der Waals surface area contributed by atoms with E-state index in [2.05, 4.69) is 0 Å². The third kappa shape index (κ3) is 6.93. The summed E-state index contributed by atoms with van der Waals surface area (Å²) < 4.78 is 0. The standard InChI is InChI=1S/C6H7NO.2C2H6/c7-5-1-3-6(8)4-2-5;2*1-2/h1-4,8H,7H2;2*1-2H3. The van der Waals surface area contributed by atoms with E-state index in [1.165, 1.54) is 0 Å². The summed E-state index contributed by atoms with van der Waals surface area (Å²) in [6, 6.07) is 6.40. The number of anilines is 1. The number of rotatable bonds is 0. The molecule has 1 aromatic rings. The van der Waals surface area contributed by atoms with Crippen molar-refractivity contribution in [3.63, 3.8) is 0 Å². The summed E-state index contributed by atoms with van der Waals surface area (Å²) in [5.74, 6) is 0.249. The molecule has 1 rings (SSSR count). The van der Waals surface area contributed by atoms with Gasteiger partial charge in [0.05, 0.1) is 0 Å². The van der Waals surface area contributed by atoms with Crippen LogP contribution in [0.15, 0.2) is 24.3 Å².